The lowest BCUT2D eigenvalue weighted by Crippen LogP contribution is -2.63. The predicted octanol–water partition coefficient (Wildman–Crippen LogP) is 6.50. The quantitative estimate of drug-likeness (QED) is 0.173. The van der Waals surface area contributed by atoms with Crippen LogP contribution in [0, 0.1) is 0 Å². The van der Waals surface area contributed by atoms with E-state index >= 15 is 0 Å². The second-order valence-electron chi connectivity index (χ2n) is 10.9. The number of hydrogen-bond donors (Lipinski definition) is 1. The fourth-order valence-corrected chi connectivity index (χ4v) is 5.37. The minimum absolute atomic E-state index is 0.276. The van der Waals surface area contributed by atoms with Gasteiger partial charge in [0.1, 0.15) is 30.5 Å². The van der Waals surface area contributed by atoms with Gasteiger partial charge in [0, 0.05) is 0 Å². The van der Waals surface area contributed by atoms with Crippen molar-refractivity contribution in [2.24, 2.45) is 0 Å². The predicted molar refractivity (Wildman–Crippen MR) is 166 cm³/mol. The number of ether oxygens (including phenoxy) is 5. The van der Waals surface area contributed by atoms with E-state index in [1.165, 1.54) is 0 Å². The second-order valence-corrected chi connectivity index (χ2v) is 10.9. The summed E-state index contributed by atoms with van der Waals surface area (Å²) in [4.78, 5) is 0. The van der Waals surface area contributed by atoms with Gasteiger partial charge in [-0.3, -0.25) is 0 Å². The highest BCUT2D eigenvalue weighted by molar-refractivity contribution is 5.16. The van der Waals surface area contributed by atoms with Gasteiger partial charge in [-0.25, -0.2) is 0 Å². The van der Waals surface area contributed by atoms with Crippen molar-refractivity contribution in [1.29, 1.82) is 0 Å². The largest absolute Gasteiger partial charge is 0.390 e. The third-order valence-corrected chi connectivity index (χ3v) is 7.72. The normalized spacial score (nSPS) is 22.7. The van der Waals surface area contributed by atoms with Gasteiger partial charge >= 0.3 is 0 Å². The van der Waals surface area contributed by atoms with Gasteiger partial charge in [0.15, 0.2) is 0 Å². The van der Waals surface area contributed by atoms with Crippen LogP contribution in [-0.2, 0) is 50.1 Å². The van der Waals surface area contributed by atoms with Crippen LogP contribution >= 0.6 is 0 Å². The Morgan fingerprint density at radius 3 is 1.40 bits per heavy atom. The summed E-state index contributed by atoms with van der Waals surface area (Å²) >= 11 is 0. The zero-order valence-electron chi connectivity index (χ0n) is 24.7. The Labute approximate surface area is 255 Å². The molecule has 5 rings (SSSR count). The Hall–Kier alpha value is -3.36. The van der Waals surface area contributed by atoms with Crippen LogP contribution in [0.1, 0.15) is 35.6 Å². The first-order valence-corrected chi connectivity index (χ1v) is 15.1. The average Bonchev–Trinajstić information content (AvgIpc) is 3.07. The fraction of sp³-hybridized carbons (Fsp3) is 0.351. The van der Waals surface area contributed by atoms with E-state index in [0.717, 1.165) is 22.3 Å². The van der Waals surface area contributed by atoms with Gasteiger partial charge < -0.3 is 28.8 Å². The summed E-state index contributed by atoms with van der Waals surface area (Å²) in [6.07, 6.45) is -2.99. The first-order chi connectivity index (χ1) is 21.2. The summed E-state index contributed by atoms with van der Waals surface area (Å²) in [6, 6.07) is 40.2. The van der Waals surface area contributed by atoms with E-state index in [1.54, 1.807) is 0 Å². The first kappa shape index (κ1) is 31.1. The van der Waals surface area contributed by atoms with Gasteiger partial charge in [0.05, 0.1) is 39.1 Å². The first-order valence-electron chi connectivity index (χ1n) is 15.1. The molecule has 0 spiro atoms. The Balaban J connectivity index is 1.43. The van der Waals surface area contributed by atoms with Gasteiger partial charge in [-0.15, -0.1) is 0 Å². The highest BCUT2D eigenvalue weighted by atomic mass is 16.6. The summed E-state index contributed by atoms with van der Waals surface area (Å²) in [5.41, 5.74) is 4.20. The van der Waals surface area contributed by atoms with Crippen LogP contribution in [0.2, 0.25) is 0 Å². The molecule has 4 aromatic rings. The molecule has 1 aliphatic rings. The van der Waals surface area contributed by atoms with Gasteiger partial charge in [-0.05, 0) is 28.7 Å². The maximum atomic E-state index is 11.2. The van der Waals surface area contributed by atoms with Crippen molar-refractivity contribution in [3.05, 3.63) is 144 Å². The van der Waals surface area contributed by atoms with E-state index in [2.05, 4.69) is 0 Å². The average molecular weight is 583 g/mol. The fourth-order valence-electron chi connectivity index (χ4n) is 5.37. The monoisotopic (exact) mass is 582 g/mol. The Morgan fingerprint density at radius 2 is 0.953 bits per heavy atom. The summed E-state index contributed by atoms with van der Waals surface area (Å²) < 4.78 is 32.8. The topological polar surface area (TPSA) is 66.4 Å². The molecule has 4 aromatic carbocycles. The van der Waals surface area contributed by atoms with E-state index in [9.17, 15) is 5.11 Å². The molecule has 6 atom stereocenters. The summed E-state index contributed by atoms with van der Waals surface area (Å²) in [7, 11) is 0. The molecule has 1 fully saturated rings. The summed E-state index contributed by atoms with van der Waals surface area (Å²) in [5, 5.41) is 11.2. The third-order valence-electron chi connectivity index (χ3n) is 7.72. The van der Waals surface area contributed by atoms with Crippen LogP contribution in [0.5, 0.6) is 0 Å². The maximum Gasteiger partial charge on any atom is 0.116 e. The molecule has 0 saturated carbocycles. The molecule has 0 bridgehead atoms. The molecule has 1 heterocycles. The van der Waals surface area contributed by atoms with Crippen molar-refractivity contribution in [1.82, 2.24) is 0 Å². The minimum Gasteiger partial charge on any atom is -0.390 e. The van der Waals surface area contributed by atoms with Crippen molar-refractivity contribution in [2.45, 2.75) is 76.4 Å². The van der Waals surface area contributed by atoms with E-state index in [4.69, 9.17) is 23.7 Å². The van der Waals surface area contributed by atoms with Gasteiger partial charge in [-0.1, -0.05) is 128 Å². The second kappa shape index (κ2) is 16.5. The van der Waals surface area contributed by atoms with E-state index in [1.807, 2.05) is 128 Å². The highest BCUT2D eigenvalue weighted by Gasteiger charge is 2.50. The number of aliphatic hydroxyl groups excluding tert-OH is 1. The van der Waals surface area contributed by atoms with Crippen LogP contribution < -0.4 is 0 Å². The van der Waals surface area contributed by atoms with Crippen LogP contribution in [0.25, 0.3) is 0 Å². The molecule has 6 heteroatoms. The Kier molecular flexibility index (Phi) is 11.9. The Morgan fingerprint density at radius 1 is 0.558 bits per heavy atom. The van der Waals surface area contributed by atoms with Crippen LogP contribution in [0.15, 0.2) is 121 Å². The number of benzene rings is 4. The molecule has 1 saturated heterocycles. The Bertz CT molecular complexity index is 1300. The molecule has 0 aromatic heterocycles. The van der Waals surface area contributed by atoms with Gasteiger partial charge in [0.25, 0.3) is 0 Å². The SMILES string of the molecule is CC[C@H](O)[C@H]1OC(COCc2ccccc2)[C@@H](OCc2ccccc2)C(OCc2ccccc2)C1OCc1ccccc1. The van der Waals surface area contributed by atoms with E-state index in [-0.39, 0.29) is 6.61 Å². The maximum absolute atomic E-state index is 11.2. The lowest BCUT2D eigenvalue weighted by molar-refractivity contribution is -0.286. The molecule has 3 unspecified atom stereocenters. The molecule has 43 heavy (non-hydrogen) atoms. The molecule has 226 valence electrons. The van der Waals surface area contributed by atoms with Gasteiger partial charge in [0.2, 0.25) is 0 Å². The zero-order chi connectivity index (χ0) is 29.7. The summed E-state index contributed by atoms with van der Waals surface area (Å²) in [6.45, 7) is 3.76. The van der Waals surface area contributed by atoms with Crippen molar-refractivity contribution in [3.8, 4) is 0 Å². The lowest BCUT2D eigenvalue weighted by atomic mass is 9.90. The molecular weight excluding hydrogens is 540 g/mol. The smallest absolute Gasteiger partial charge is 0.116 e. The molecule has 1 aliphatic heterocycles. The lowest BCUT2D eigenvalue weighted by Gasteiger charge is -2.47. The molecular formula is C37H42O6. The van der Waals surface area contributed by atoms with Crippen molar-refractivity contribution in [3.63, 3.8) is 0 Å². The van der Waals surface area contributed by atoms with E-state index in [0.29, 0.717) is 32.8 Å². The van der Waals surface area contributed by atoms with Crippen molar-refractivity contribution in [2.75, 3.05) is 6.61 Å². The van der Waals surface area contributed by atoms with Gasteiger partial charge in [-0.2, -0.15) is 0 Å². The minimum atomic E-state index is -0.754. The molecule has 0 amide bonds. The summed E-state index contributed by atoms with van der Waals surface area (Å²) in [5.74, 6) is 0. The zero-order valence-corrected chi connectivity index (χ0v) is 24.7. The third kappa shape index (κ3) is 9.07. The molecule has 0 radical (unpaired) electrons. The standard InChI is InChI=1S/C37H42O6/c1-2-32(38)34-36(41-25-30-19-11-5-12-20-30)37(42-26-31-21-13-6-14-22-31)35(40-24-29-17-9-4-10-18-29)33(43-34)27-39-23-28-15-7-3-8-16-28/h3-22,32-38H,2,23-27H2,1H3/t32-,33?,34+,35+,36?,37?/m0/s1. The molecule has 0 aliphatic carbocycles. The van der Waals surface area contributed by atoms with Crippen LogP contribution in [0.4, 0.5) is 0 Å². The highest BCUT2D eigenvalue weighted by Crippen LogP contribution is 2.33. The van der Waals surface area contributed by atoms with Crippen LogP contribution in [-0.4, -0.2) is 48.3 Å². The molecule has 1 N–H and O–H groups in total. The van der Waals surface area contributed by atoms with Crippen molar-refractivity contribution >= 4 is 0 Å². The number of aliphatic hydroxyl groups is 1. The van der Waals surface area contributed by atoms with Crippen molar-refractivity contribution < 1.29 is 28.8 Å². The number of hydrogen-bond acceptors (Lipinski definition) is 6. The molecule has 6 nitrogen and oxygen atoms in total. The van der Waals surface area contributed by atoms with Crippen LogP contribution in [0.3, 0.4) is 0 Å². The van der Waals surface area contributed by atoms with E-state index < -0.39 is 36.6 Å². The number of rotatable bonds is 15.